The van der Waals surface area contributed by atoms with Gasteiger partial charge in [-0.3, -0.25) is 4.79 Å². The molecule has 0 aliphatic heterocycles. The van der Waals surface area contributed by atoms with E-state index in [9.17, 15) is 4.79 Å². The van der Waals surface area contributed by atoms with Gasteiger partial charge in [0.05, 0.1) is 18.7 Å². The number of hydrogen-bond acceptors (Lipinski definition) is 4. The molecule has 0 bridgehead atoms. The fourth-order valence-corrected chi connectivity index (χ4v) is 2.02. The Labute approximate surface area is 127 Å². The van der Waals surface area contributed by atoms with Crippen molar-refractivity contribution in [2.75, 3.05) is 26.9 Å². The zero-order chi connectivity index (χ0) is 15.5. The number of benzene rings is 1. The molecule has 0 aliphatic rings. The van der Waals surface area contributed by atoms with Crippen LogP contribution in [0.1, 0.15) is 43.5 Å². The highest BCUT2D eigenvalue weighted by molar-refractivity contribution is 6.02. The fraction of sp³-hybridized carbons (Fsp3) is 0.588. The second kappa shape index (κ2) is 10.4. The van der Waals surface area contributed by atoms with Crippen LogP contribution in [0.5, 0.6) is 5.75 Å². The standard InChI is InChI=1S/C17H27NO3/c1-4-5-12-21-13-8-11-18-14(2)17(19)15-9-6-7-10-16(15)20-3/h6-7,9-10,14,18H,4-5,8,11-13H2,1-3H3. The third-order valence-electron chi connectivity index (χ3n) is 3.32. The highest BCUT2D eigenvalue weighted by Crippen LogP contribution is 2.18. The van der Waals surface area contributed by atoms with E-state index in [0.29, 0.717) is 11.3 Å². The van der Waals surface area contributed by atoms with Gasteiger partial charge in [0.2, 0.25) is 0 Å². The molecule has 0 saturated heterocycles. The van der Waals surface area contributed by atoms with Crippen LogP contribution < -0.4 is 10.1 Å². The Balaban J connectivity index is 2.31. The minimum absolute atomic E-state index is 0.0550. The lowest BCUT2D eigenvalue weighted by molar-refractivity contribution is 0.0941. The Morgan fingerprint density at radius 2 is 1.95 bits per heavy atom. The van der Waals surface area contributed by atoms with Crippen molar-refractivity contribution < 1.29 is 14.3 Å². The van der Waals surface area contributed by atoms with Gasteiger partial charge >= 0.3 is 0 Å². The number of hydrogen-bond donors (Lipinski definition) is 1. The zero-order valence-electron chi connectivity index (χ0n) is 13.4. The summed E-state index contributed by atoms with van der Waals surface area (Å²) in [4.78, 5) is 12.4. The van der Waals surface area contributed by atoms with Crippen molar-refractivity contribution in [2.45, 2.75) is 39.2 Å². The van der Waals surface area contributed by atoms with Crippen molar-refractivity contribution in [1.29, 1.82) is 0 Å². The predicted octanol–water partition coefficient (Wildman–Crippen LogP) is 3.06. The summed E-state index contributed by atoms with van der Waals surface area (Å²) in [5.41, 5.74) is 0.624. The summed E-state index contributed by atoms with van der Waals surface area (Å²) in [6, 6.07) is 7.09. The van der Waals surface area contributed by atoms with Crippen LogP contribution in [0.2, 0.25) is 0 Å². The van der Waals surface area contributed by atoms with Crippen molar-refractivity contribution in [3.05, 3.63) is 29.8 Å². The predicted molar refractivity (Wildman–Crippen MR) is 85.1 cm³/mol. The minimum Gasteiger partial charge on any atom is -0.496 e. The normalized spacial score (nSPS) is 12.1. The molecule has 1 N–H and O–H groups in total. The number of unbranched alkanes of at least 4 members (excludes halogenated alkanes) is 1. The highest BCUT2D eigenvalue weighted by atomic mass is 16.5. The van der Waals surface area contributed by atoms with E-state index >= 15 is 0 Å². The number of carbonyl (C=O) groups excluding carboxylic acids is 1. The molecule has 4 heteroatoms. The average Bonchev–Trinajstić information content (AvgIpc) is 2.53. The second-order valence-corrected chi connectivity index (χ2v) is 5.06. The van der Waals surface area contributed by atoms with Crippen molar-refractivity contribution in [1.82, 2.24) is 5.32 Å². The Kier molecular flexibility index (Phi) is 8.71. The SMILES string of the molecule is CCCCOCCCNC(C)C(=O)c1ccccc1OC. The number of rotatable bonds is 11. The first kappa shape index (κ1) is 17.7. The number of nitrogens with one attached hydrogen (secondary N) is 1. The zero-order valence-corrected chi connectivity index (χ0v) is 13.4. The van der Waals surface area contributed by atoms with E-state index < -0.39 is 0 Å². The molecule has 1 aromatic rings. The van der Waals surface area contributed by atoms with Crippen LogP contribution in [0.3, 0.4) is 0 Å². The molecule has 0 aromatic heterocycles. The van der Waals surface area contributed by atoms with Gasteiger partial charge in [0.25, 0.3) is 0 Å². The molecular formula is C17H27NO3. The minimum atomic E-state index is -0.225. The summed E-state index contributed by atoms with van der Waals surface area (Å²) in [5.74, 6) is 0.679. The monoisotopic (exact) mass is 293 g/mol. The van der Waals surface area contributed by atoms with Crippen LogP contribution in [0.25, 0.3) is 0 Å². The Morgan fingerprint density at radius 1 is 1.24 bits per heavy atom. The smallest absolute Gasteiger partial charge is 0.183 e. The van der Waals surface area contributed by atoms with Crippen LogP contribution in [-0.2, 0) is 4.74 Å². The Hall–Kier alpha value is -1.39. The van der Waals surface area contributed by atoms with E-state index in [4.69, 9.17) is 9.47 Å². The molecule has 1 atom stereocenters. The third kappa shape index (κ3) is 6.27. The molecule has 1 aromatic carbocycles. The summed E-state index contributed by atoms with van der Waals surface area (Å²) in [7, 11) is 1.58. The number of para-hydroxylation sites is 1. The van der Waals surface area contributed by atoms with Crippen LogP contribution in [0.15, 0.2) is 24.3 Å². The maximum absolute atomic E-state index is 12.4. The number of ether oxygens (including phenoxy) is 2. The lowest BCUT2D eigenvalue weighted by atomic mass is 10.0. The van der Waals surface area contributed by atoms with Crippen molar-refractivity contribution in [2.24, 2.45) is 0 Å². The molecule has 0 spiro atoms. The van der Waals surface area contributed by atoms with Crippen LogP contribution in [-0.4, -0.2) is 38.7 Å². The Morgan fingerprint density at radius 3 is 2.67 bits per heavy atom. The highest BCUT2D eigenvalue weighted by Gasteiger charge is 2.17. The molecule has 0 heterocycles. The summed E-state index contributed by atoms with van der Waals surface area (Å²) in [6.07, 6.45) is 3.17. The number of methoxy groups -OCH3 is 1. The van der Waals surface area contributed by atoms with Gasteiger partial charge in [0, 0.05) is 13.2 Å². The van der Waals surface area contributed by atoms with Crippen molar-refractivity contribution >= 4 is 5.78 Å². The molecule has 118 valence electrons. The van der Waals surface area contributed by atoms with Gasteiger partial charge in [-0.2, -0.15) is 0 Å². The first-order chi connectivity index (χ1) is 10.2. The number of Topliss-reactive ketones (excluding diaryl/α,β-unsaturated/α-hetero) is 1. The van der Waals surface area contributed by atoms with Crippen molar-refractivity contribution in [3.8, 4) is 5.75 Å². The van der Waals surface area contributed by atoms with Gasteiger partial charge in [-0.15, -0.1) is 0 Å². The van der Waals surface area contributed by atoms with E-state index in [0.717, 1.165) is 39.0 Å². The van der Waals surface area contributed by atoms with Gasteiger partial charge in [-0.1, -0.05) is 25.5 Å². The lowest BCUT2D eigenvalue weighted by Crippen LogP contribution is -2.35. The summed E-state index contributed by atoms with van der Waals surface area (Å²) >= 11 is 0. The number of ketones is 1. The van der Waals surface area contributed by atoms with Gasteiger partial charge in [-0.25, -0.2) is 0 Å². The Bertz CT molecular complexity index is 420. The van der Waals surface area contributed by atoms with Crippen LogP contribution in [0, 0.1) is 0 Å². The molecule has 1 rings (SSSR count). The quantitative estimate of drug-likeness (QED) is 0.503. The molecule has 21 heavy (non-hydrogen) atoms. The number of carbonyl (C=O) groups is 1. The van der Waals surface area contributed by atoms with Crippen molar-refractivity contribution in [3.63, 3.8) is 0 Å². The maximum atomic E-state index is 12.4. The van der Waals surface area contributed by atoms with Gasteiger partial charge in [-0.05, 0) is 38.4 Å². The van der Waals surface area contributed by atoms with Gasteiger partial charge < -0.3 is 14.8 Å². The lowest BCUT2D eigenvalue weighted by Gasteiger charge is -2.14. The third-order valence-corrected chi connectivity index (χ3v) is 3.32. The van der Waals surface area contributed by atoms with E-state index in [-0.39, 0.29) is 11.8 Å². The first-order valence-corrected chi connectivity index (χ1v) is 7.69. The van der Waals surface area contributed by atoms with Gasteiger partial charge in [0.1, 0.15) is 5.75 Å². The largest absolute Gasteiger partial charge is 0.496 e. The van der Waals surface area contributed by atoms with E-state index in [1.807, 2.05) is 25.1 Å². The topological polar surface area (TPSA) is 47.6 Å². The van der Waals surface area contributed by atoms with E-state index in [2.05, 4.69) is 12.2 Å². The molecule has 0 fully saturated rings. The molecule has 0 saturated carbocycles. The van der Waals surface area contributed by atoms with Gasteiger partial charge in [0.15, 0.2) is 5.78 Å². The van der Waals surface area contributed by atoms with Crippen LogP contribution in [0.4, 0.5) is 0 Å². The summed E-state index contributed by atoms with van der Waals surface area (Å²) in [5, 5.41) is 3.24. The fourth-order valence-electron chi connectivity index (χ4n) is 2.02. The van der Waals surface area contributed by atoms with E-state index in [1.165, 1.54) is 0 Å². The molecular weight excluding hydrogens is 266 g/mol. The second-order valence-electron chi connectivity index (χ2n) is 5.06. The average molecular weight is 293 g/mol. The molecule has 0 aliphatic carbocycles. The van der Waals surface area contributed by atoms with Crippen LogP contribution >= 0.6 is 0 Å². The maximum Gasteiger partial charge on any atom is 0.183 e. The molecule has 0 amide bonds. The molecule has 4 nitrogen and oxygen atoms in total. The molecule has 0 radical (unpaired) electrons. The molecule has 1 unspecified atom stereocenters. The summed E-state index contributed by atoms with van der Waals surface area (Å²) < 4.78 is 10.7. The first-order valence-electron chi connectivity index (χ1n) is 7.69. The summed E-state index contributed by atoms with van der Waals surface area (Å²) in [6.45, 7) is 6.37. The van der Waals surface area contributed by atoms with E-state index in [1.54, 1.807) is 13.2 Å².